The quantitative estimate of drug-likeness (QED) is 0.649. The first-order chi connectivity index (χ1) is 14.5. The van der Waals surface area contributed by atoms with Crippen molar-refractivity contribution in [2.24, 2.45) is 0 Å². The highest BCUT2D eigenvalue weighted by Gasteiger charge is 2.19. The van der Waals surface area contributed by atoms with E-state index in [-0.39, 0.29) is 5.91 Å². The van der Waals surface area contributed by atoms with Crippen LogP contribution in [0.25, 0.3) is 0 Å². The number of hydrogen-bond donors (Lipinski definition) is 1. The van der Waals surface area contributed by atoms with Crippen molar-refractivity contribution in [3.05, 3.63) is 48.0 Å². The van der Waals surface area contributed by atoms with E-state index in [9.17, 15) is 4.79 Å². The first-order valence-corrected chi connectivity index (χ1v) is 11.4. The molecule has 0 atom stereocenters. The lowest BCUT2D eigenvalue weighted by atomic mass is 10.1. The summed E-state index contributed by atoms with van der Waals surface area (Å²) in [5.74, 6) is 1.68. The molecule has 1 saturated heterocycles. The van der Waals surface area contributed by atoms with Crippen LogP contribution in [0.3, 0.4) is 0 Å². The van der Waals surface area contributed by atoms with Gasteiger partial charge in [-0.25, -0.2) is 4.98 Å². The minimum Gasteiger partial charge on any atom is -0.333 e. The van der Waals surface area contributed by atoms with Gasteiger partial charge in [0, 0.05) is 63.3 Å². The maximum atomic E-state index is 12.4. The number of unbranched alkanes of at least 4 members (excludes halogenated alkanes) is 1. The number of imidazole rings is 1. The van der Waals surface area contributed by atoms with E-state index in [2.05, 4.69) is 63.8 Å². The van der Waals surface area contributed by atoms with Crippen LogP contribution < -0.4 is 5.32 Å². The van der Waals surface area contributed by atoms with Gasteiger partial charge >= 0.3 is 0 Å². The molecule has 0 saturated carbocycles. The van der Waals surface area contributed by atoms with Crippen LogP contribution in [0, 0.1) is 0 Å². The Bertz CT molecular complexity index is 775. The van der Waals surface area contributed by atoms with E-state index in [0.717, 1.165) is 57.2 Å². The molecule has 3 rings (SSSR count). The van der Waals surface area contributed by atoms with Crippen molar-refractivity contribution in [1.82, 2.24) is 19.4 Å². The minimum absolute atomic E-state index is 0.0738. The fourth-order valence-corrected chi connectivity index (χ4v) is 3.97. The van der Waals surface area contributed by atoms with Crippen molar-refractivity contribution < 1.29 is 4.79 Å². The minimum atomic E-state index is 0.0738. The standard InChI is InChI=1S/C24H37N5O/c1-4-5-6-21-7-9-22(10-8-21)26-23(30)19-28-15-13-27(14-16-28)17-18-29-12-11-25-24(29)20(2)3/h7-12,20H,4-6,13-19H2,1-3H3,(H,26,30). The van der Waals surface area contributed by atoms with E-state index in [4.69, 9.17) is 0 Å². The predicted molar refractivity (Wildman–Crippen MR) is 123 cm³/mol. The molecule has 0 spiro atoms. The summed E-state index contributed by atoms with van der Waals surface area (Å²) in [6.07, 6.45) is 7.48. The van der Waals surface area contributed by atoms with E-state index in [1.165, 1.54) is 18.4 Å². The first-order valence-electron chi connectivity index (χ1n) is 11.4. The molecule has 0 unspecified atom stereocenters. The van der Waals surface area contributed by atoms with E-state index in [1.807, 2.05) is 18.3 Å². The van der Waals surface area contributed by atoms with Crippen molar-refractivity contribution in [3.8, 4) is 0 Å². The van der Waals surface area contributed by atoms with Gasteiger partial charge in [-0.15, -0.1) is 0 Å². The molecule has 1 aliphatic rings. The van der Waals surface area contributed by atoms with Crippen molar-refractivity contribution in [3.63, 3.8) is 0 Å². The van der Waals surface area contributed by atoms with Crippen LogP contribution >= 0.6 is 0 Å². The van der Waals surface area contributed by atoms with E-state index >= 15 is 0 Å². The molecule has 2 aromatic rings. The normalized spacial score (nSPS) is 15.6. The number of nitrogens with one attached hydrogen (secondary N) is 1. The average molecular weight is 412 g/mol. The zero-order chi connectivity index (χ0) is 21.3. The number of hydrogen-bond acceptors (Lipinski definition) is 4. The lowest BCUT2D eigenvalue weighted by Gasteiger charge is -2.34. The molecule has 1 aliphatic heterocycles. The molecular weight excluding hydrogens is 374 g/mol. The molecule has 1 aromatic heterocycles. The monoisotopic (exact) mass is 411 g/mol. The van der Waals surface area contributed by atoms with Crippen LogP contribution in [0.5, 0.6) is 0 Å². The summed E-state index contributed by atoms with van der Waals surface area (Å²) in [6.45, 7) is 12.9. The van der Waals surface area contributed by atoms with Crippen LogP contribution in [0.4, 0.5) is 5.69 Å². The Morgan fingerprint density at radius 2 is 1.77 bits per heavy atom. The molecule has 6 heteroatoms. The molecule has 1 amide bonds. The van der Waals surface area contributed by atoms with Crippen LogP contribution in [0.15, 0.2) is 36.7 Å². The predicted octanol–water partition coefficient (Wildman–Crippen LogP) is 3.61. The van der Waals surface area contributed by atoms with Gasteiger partial charge in [0.05, 0.1) is 6.54 Å². The number of carbonyl (C=O) groups is 1. The smallest absolute Gasteiger partial charge is 0.238 e. The van der Waals surface area contributed by atoms with Gasteiger partial charge in [-0.05, 0) is 30.5 Å². The highest BCUT2D eigenvalue weighted by atomic mass is 16.2. The van der Waals surface area contributed by atoms with E-state index in [1.54, 1.807) is 0 Å². The molecule has 2 heterocycles. The van der Waals surface area contributed by atoms with Gasteiger partial charge < -0.3 is 9.88 Å². The second-order valence-corrected chi connectivity index (χ2v) is 8.60. The Morgan fingerprint density at radius 1 is 1.07 bits per heavy atom. The topological polar surface area (TPSA) is 53.4 Å². The summed E-state index contributed by atoms with van der Waals surface area (Å²) < 4.78 is 2.26. The fraction of sp³-hybridized carbons (Fsp3) is 0.583. The lowest BCUT2D eigenvalue weighted by molar-refractivity contribution is -0.117. The Morgan fingerprint density at radius 3 is 2.43 bits per heavy atom. The van der Waals surface area contributed by atoms with E-state index in [0.29, 0.717) is 12.5 Å². The zero-order valence-electron chi connectivity index (χ0n) is 18.8. The van der Waals surface area contributed by atoms with Crippen LogP contribution in [0.1, 0.15) is 50.9 Å². The molecule has 6 nitrogen and oxygen atoms in total. The number of aryl methyl sites for hydroxylation is 1. The molecular formula is C24H37N5O. The van der Waals surface area contributed by atoms with Crippen LogP contribution in [0.2, 0.25) is 0 Å². The van der Waals surface area contributed by atoms with Gasteiger partial charge in [0.1, 0.15) is 5.82 Å². The van der Waals surface area contributed by atoms with Gasteiger partial charge in [0.2, 0.25) is 5.91 Å². The number of rotatable bonds is 10. The van der Waals surface area contributed by atoms with Crippen LogP contribution in [-0.4, -0.2) is 64.5 Å². The highest BCUT2D eigenvalue weighted by Crippen LogP contribution is 2.13. The number of aromatic nitrogens is 2. The summed E-state index contributed by atoms with van der Waals surface area (Å²) >= 11 is 0. The number of amides is 1. The third-order valence-corrected chi connectivity index (χ3v) is 5.81. The van der Waals surface area contributed by atoms with Gasteiger partial charge in [-0.3, -0.25) is 14.6 Å². The average Bonchev–Trinajstić information content (AvgIpc) is 3.22. The summed E-state index contributed by atoms with van der Waals surface area (Å²) in [5.41, 5.74) is 2.22. The number of nitrogens with zero attached hydrogens (tertiary/aromatic N) is 4. The molecule has 0 radical (unpaired) electrons. The summed E-state index contributed by atoms with van der Waals surface area (Å²) in [7, 11) is 0. The van der Waals surface area contributed by atoms with Gasteiger partial charge in [0.25, 0.3) is 0 Å². The second kappa shape index (κ2) is 11.3. The number of anilines is 1. The van der Waals surface area contributed by atoms with Crippen molar-refractivity contribution in [1.29, 1.82) is 0 Å². The Hall–Kier alpha value is -2.18. The number of carbonyl (C=O) groups excluding carboxylic acids is 1. The van der Waals surface area contributed by atoms with Crippen molar-refractivity contribution in [2.75, 3.05) is 44.6 Å². The molecule has 0 aliphatic carbocycles. The van der Waals surface area contributed by atoms with Crippen molar-refractivity contribution >= 4 is 11.6 Å². The SMILES string of the molecule is CCCCc1ccc(NC(=O)CN2CCN(CCn3ccnc3C(C)C)CC2)cc1. The maximum absolute atomic E-state index is 12.4. The molecule has 1 aromatic carbocycles. The number of piperazine rings is 1. The van der Waals surface area contributed by atoms with E-state index < -0.39 is 0 Å². The molecule has 0 bridgehead atoms. The Labute approximate surface area is 181 Å². The summed E-state index contributed by atoms with van der Waals surface area (Å²) in [6, 6.07) is 8.27. The molecule has 1 fully saturated rings. The fourth-order valence-electron chi connectivity index (χ4n) is 3.97. The van der Waals surface area contributed by atoms with Gasteiger partial charge in [-0.2, -0.15) is 0 Å². The lowest BCUT2D eigenvalue weighted by Crippen LogP contribution is -2.49. The third kappa shape index (κ3) is 6.67. The van der Waals surface area contributed by atoms with Gasteiger partial charge in [0.15, 0.2) is 0 Å². The molecule has 1 N–H and O–H groups in total. The zero-order valence-corrected chi connectivity index (χ0v) is 18.8. The number of benzene rings is 1. The Balaban J connectivity index is 1.37. The first kappa shape index (κ1) is 22.5. The third-order valence-electron chi connectivity index (χ3n) is 5.81. The molecule has 164 valence electrons. The van der Waals surface area contributed by atoms with Crippen molar-refractivity contribution in [2.45, 2.75) is 52.5 Å². The van der Waals surface area contributed by atoms with Crippen LogP contribution in [-0.2, 0) is 17.8 Å². The summed E-state index contributed by atoms with van der Waals surface area (Å²) in [4.78, 5) is 21.6. The summed E-state index contributed by atoms with van der Waals surface area (Å²) in [5, 5.41) is 3.04. The Kier molecular flexibility index (Phi) is 8.46. The molecule has 30 heavy (non-hydrogen) atoms. The maximum Gasteiger partial charge on any atom is 0.238 e. The second-order valence-electron chi connectivity index (χ2n) is 8.60. The highest BCUT2D eigenvalue weighted by molar-refractivity contribution is 5.92. The van der Waals surface area contributed by atoms with Gasteiger partial charge in [-0.1, -0.05) is 39.3 Å². The largest absolute Gasteiger partial charge is 0.333 e.